The number of carboxylic acids is 3. The van der Waals surface area contributed by atoms with Crippen LogP contribution in [0.3, 0.4) is 0 Å². The summed E-state index contributed by atoms with van der Waals surface area (Å²) < 4.78 is 16.2. The lowest BCUT2D eigenvalue weighted by Crippen LogP contribution is -2.53. The summed E-state index contributed by atoms with van der Waals surface area (Å²) in [5.74, 6) is -3.27. The van der Waals surface area contributed by atoms with E-state index in [0.29, 0.717) is 28.0 Å². The van der Waals surface area contributed by atoms with E-state index in [1.807, 2.05) is 0 Å². The first-order chi connectivity index (χ1) is 33.4. The summed E-state index contributed by atoms with van der Waals surface area (Å²) in [5.41, 5.74) is 8.64. The molecule has 14 nitrogen and oxygen atoms in total. The summed E-state index contributed by atoms with van der Waals surface area (Å²) in [4.78, 5) is 68.4. The predicted molar refractivity (Wildman–Crippen MR) is 255 cm³/mol. The molecule has 5 N–H and O–H groups in total. The van der Waals surface area contributed by atoms with Gasteiger partial charge in [-0.1, -0.05) is 12.1 Å². The molecule has 1 saturated carbocycles. The summed E-state index contributed by atoms with van der Waals surface area (Å²) in [6.45, 7) is 3.77. The van der Waals surface area contributed by atoms with Gasteiger partial charge in [-0.05, 0) is 127 Å². The fourth-order valence-electron chi connectivity index (χ4n) is 12.7. The number of fused-ring (bicyclic) bond motifs is 6. The van der Waals surface area contributed by atoms with Crippen molar-refractivity contribution in [1.82, 2.24) is 5.32 Å². The van der Waals surface area contributed by atoms with Crippen LogP contribution >= 0.6 is 0 Å². The maximum Gasteiger partial charge on any atom is 0.336 e. The maximum atomic E-state index is 14.2. The topological polar surface area (TPSA) is 207 Å². The summed E-state index contributed by atoms with van der Waals surface area (Å²) in [5, 5.41) is 44.6. The molecule has 3 atom stereocenters. The highest BCUT2D eigenvalue weighted by Gasteiger charge is 2.52. The van der Waals surface area contributed by atoms with E-state index in [9.17, 15) is 44.4 Å². The van der Waals surface area contributed by atoms with Crippen molar-refractivity contribution < 1.29 is 53.3 Å². The Kier molecular flexibility index (Phi) is 10.0. The Morgan fingerprint density at radius 3 is 2.28 bits per heavy atom. The van der Waals surface area contributed by atoms with Crippen molar-refractivity contribution in [2.45, 2.75) is 70.4 Å². The number of aromatic hydroxyl groups is 1. The number of phenols is 1. The molecule has 14 heteroatoms. The van der Waals surface area contributed by atoms with Gasteiger partial charge in [0.25, 0.3) is 5.91 Å². The molecule has 0 spiro atoms. The smallest absolute Gasteiger partial charge is 0.336 e. The number of benzene rings is 5. The first-order valence-electron chi connectivity index (χ1n) is 23.9. The van der Waals surface area contributed by atoms with Crippen molar-refractivity contribution in [2.75, 3.05) is 31.1 Å². The molecular weight excluding hydrogens is 879 g/mol. The molecule has 4 aromatic carbocycles. The highest BCUT2D eigenvalue weighted by molar-refractivity contribution is 6.09. The lowest BCUT2D eigenvalue weighted by molar-refractivity contribution is -0.543. The third-order valence-corrected chi connectivity index (χ3v) is 15.5. The van der Waals surface area contributed by atoms with Gasteiger partial charge in [0.1, 0.15) is 42.0 Å². The zero-order valence-electron chi connectivity index (χ0n) is 37.6. The van der Waals surface area contributed by atoms with Crippen molar-refractivity contribution in [3.05, 3.63) is 139 Å². The molecular formula is C55H48N3O11+. The monoisotopic (exact) mass is 926 g/mol. The number of aromatic carboxylic acids is 3. The number of carbonyl (C=O) groups excluding carboxylic acids is 1. The average Bonchev–Trinajstić information content (AvgIpc) is 3.35. The summed E-state index contributed by atoms with van der Waals surface area (Å²) in [7, 11) is 0. The molecule has 6 aliphatic heterocycles. The first kappa shape index (κ1) is 42.6. The van der Waals surface area contributed by atoms with Gasteiger partial charge in [-0.2, -0.15) is 0 Å². The van der Waals surface area contributed by atoms with Crippen molar-refractivity contribution >= 4 is 51.8 Å². The van der Waals surface area contributed by atoms with Crippen LogP contribution in [0, 0.1) is 11.8 Å². The number of rotatable bonds is 8. The summed E-state index contributed by atoms with van der Waals surface area (Å²) in [6.07, 6.45) is 8.68. The normalized spacial score (nSPS) is 20.1. The van der Waals surface area contributed by atoms with E-state index < -0.39 is 29.2 Å². The number of carbonyl (C=O) groups is 4. The summed E-state index contributed by atoms with van der Waals surface area (Å²) >= 11 is 0. The fourth-order valence-corrected chi connectivity index (χ4v) is 12.7. The van der Waals surface area contributed by atoms with Crippen LogP contribution in [-0.2, 0) is 19.4 Å². The molecule has 0 aromatic heterocycles. The molecule has 8 aliphatic rings. The van der Waals surface area contributed by atoms with Crippen LogP contribution in [0.25, 0.3) is 39.0 Å². The number of carboxylic acid groups (broad SMARTS) is 3. The molecule has 0 bridgehead atoms. The van der Waals surface area contributed by atoms with E-state index in [2.05, 4.69) is 20.9 Å². The fraction of sp³-hybridized carbons (Fsp3) is 0.309. The number of aryl methyl sites for hydroxylation is 1. The van der Waals surface area contributed by atoms with E-state index >= 15 is 0 Å². The third-order valence-electron chi connectivity index (χ3n) is 15.5. The second-order valence-electron chi connectivity index (χ2n) is 19.3. The predicted octanol–water partition coefficient (Wildman–Crippen LogP) is 8.23. The highest BCUT2D eigenvalue weighted by Crippen LogP contribution is 2.54. The van der Waals surface area contributed by atoms with Gasteiger partial charge in [0.15, 0.2) is 11.1 Å². The standard InChI is InChI=1S/C55H47N3O11/c59-31-11-14-34-44(25-31)68-49-35(45(34)32-13-10-30(53(62)63)24-39(32)55(66)67)15-16-43(60)42(49)26-56-52(61)29-9-12-33(38(23-29)54(64)65)46-40-21-27-5-1-17-57-19-3-7-36(47(27)57)50(40)69-51-37-8-4-20-58-18-2-6-28(48(37)58)22-41(46)51/h9-16,21,23-25,28,37,51H,1-8,17-20,22,26H2,(H4-,56,59,60,61,62,63,64,65,66,67)/p+1. The van der Waals surface area contributed by atoms with E-state index in [1.54, 1.807) is 12.1 Å². The summed E-state index contributed by atoms with van der Waals surface area (Å²) in [6, 6.07) is 17.8. The lowest BCUT2D eigenvalue weighted by atomic mass is 9.65. The van der Waals surface area contributed by atoms with Gasteiger partial charge in [-0.15, -0.1) is 0 Å². The Labute approximate surface area is 395 Å². The molecule has 69 heavy (non-hydrogen) atoms. The van der Waals surface area contributed by atoms with E-state index in [4.69, 9.17) is 9.15 Å². The maximum absolute atomic E-state index is 14.2. The van der Waals surface area contributed by atoms with Gasteiger partial charge in [0, 0.05) is 76.8 Å². The van der Waals surface area contributed by atoms with E-state index in [1.165, 1.54) is 71.1 Å². The number of phenolic OH excluding ortho intramolecular Hbond substituents is 1. The molecule has 1 fully saturated rings. The Bertz CT molecular complexity index is 3380. The number of nitrogens with one attached hydrogen (secondary N) is 1. The molecule has 0 radical (unpaired) electrons. The minimum absolute atomic E-state index is 0.00793. The molecule has 12 rings (SSSR count). The van der Waals surface area contributed by atoms with Crippen LogP contribution in [0.15, 0.2) is 87.6 Å². The quantitative estimate of drug-likeness (QED) is 0.0723. The van der Waals surface area contributed by atoms with E-state index in [-0.39, 0.29) is 69.0 Å². The molecule has 348 valence electrons. The number of hydrogen-bond donors (Lipinski definition) is 5. The molecule has 1 amide bonds. The lowest BCUT2D eigenvalue weighted by Gasteiger charge is -2.46. The SMILES string of the molecule is O=C(O)c1ccc(-c2c3ccc(=O)c(CNC(=O)c4ccc(C5=C6CC7CCC[N+]8=C7C(CCC8)C6Oc6c5cc5c7c6CCCN7CCC5)c(C(=O)O)c4)c-3oc3cc(O)ccc23)c(C(=O)O)c1. The largest absolute Gasteiger partial charge is 0.508 e. The minimum Gasteiger partial charge on any atom is -0.508 e. The number of nitrogens with zero attached hydrogens (tertiary/aromatic N) is 2. The zero-order valence-corrected chi connectivity index (χ0v) is 37.6. The van der Waals surface area contributed by atoms with Gasteiger partial charge in [0.2, 0.25) is 0 Å². The second kappa shape index (κ2) is 16.2. The Morgan fingerprint density at radius 2 is 1.48 bits per heavy atom. The van der Waals surface area contributed by atoms with Crippen LogP contribution in [0.2, 0.25) is 0 Å². The van der Waals surface area contributed by atoms with Crippen LogP contribution in [-0.4, -0.2) is 86.8 Å². The van der Waals surface area contributed by atoms with Crippen molar-refractivity contribution in [3.63, 3.8) is 0 Å². The number of amides is 1. The van der Waals surface area contributed by atoms with Crippen LogP contribution in [0.5, 0.6) is 11.5 Å². The molecule has 0 saturated heterocycles. The van der Waals surface area contributed by atoms with Gasteiger partial charge in [0.05, 0.1) is 34.7 Å². The number of hydrogen-bond acceptors (Lipinski definition) is 9. The van der Waals surface area contributed by atoms with Crippen LogP contribution < -0.4 is 20.4 Å². The Hall–Kier alpha value is -7.74. The number of anilines is 1. The van der Waals surface area contributed by atoms with Gasteiger partial charge < -0.3 is 39.8 Å². The van der Waals surface area contributed by atoms with Gasteiger partial charge in [-0.3, -0.25) is 9.59 Å². The average molecular weight is 927 g/mol. The third kappa shape index (κ3) is 6.81. The zero-order chi connectivity index (χ0) is 47.4. The molecule has 4 aromatic rings. The molecule has 3 unspecified atom stereocenters. The Balaban J connectivity index is 0.943. The van der Waals surface area contributed by atoms with E-state index in [0.717, 1.165) is 112 Å². The minimum atomic E-state index is -1.39. The van der Waals surface area contributed by atoms with Crippen molar-refractivity contribution in [2.24, 2.45) is 11.8 Å². The first-order valence-corrected chi connectivity index (χ1v) is 23.9. The Morgan fingerprint density at radius 1 is 0.754 bits per heavy atom. The molecule has 2 aliphatic carbocycles. The van der Waals surface area contributed by atoms with Crippen molar-refractivity contribution in [3.8, 4) is 33.9 Å². The van der Waals surface area contributed by atoms with Gasteiger partial charge >= 0.3 is 17.9 Å². The number of ether oxygens (including phenoxy) is 1. The van der Waals surface area contributed by atoms with Crippen LogP contribution in [0.4, 0.5) is 5.69 Å². The highest BCUT2D eigenvalue weighted by atomic mass is 16.5. The second-order valence-corrected chi connectivity index (χ2v) is 19.3. The molecule has 6 heterocycles. The van der Waals surface area contributed by atoms with Crippen LogP contribution in [0.1, 0.15) is 114 Å². The van der Waals surface area contributed by atoms with Crippen molar-refractivity contribution in [1.29, 1.82) is 0 Å². The van der Waals surface area contributed by atoms with Gasteiger partial charge in [-0.25, -0.2) is 19.0 Å².